The van der Waals surface area contributed by atoms with Crippen LogP contribution in [-0.2, 0) is 4.79 Å². The first-order valence-electron chi connectivity index (χ1n) is 7.23. The number of carboxylic acid groups (broad SMARTS) is 1. The highest BCUT2D eigenvalue weighted by Gasteiger charge is 2.27. The molecule has 1 heterocycles. The van der Waals surface area contributed by atoms with Crippen LogP contribution in [0.2, 0.25) is 0 Å². The van der Waals surface area contributed by atoms with E-state index in [1.54, 1.807) is 0 Å². The summed E-state index contributed by atoms with van der Waals surface area (Å²) in [7, 11) is 0. The zero-order chi connectivity index (χ0) is 13.5. The van der Waals surface area contributed by atoms with Crippen molar-refractivity contribution in [3.8, 4) is 0 Å². The van der Waals surface area contributed by atoms with Crippen molar-refractivity contribution < 1.29 is 9.90 Å². The van der Waals surface area contributed by atoms with Gasteiger partial charge < -0.3 is 10.4 Å². The Morgan fingerprint density at radius 3 is 2.72 bits per heavy atom. The maximum absolute atomic E-state index is 11.1. The number of rotatable bonds is 7. The number of hydrogen-bond donors (Lipinski definition) is 2. The minimum Gasteiger partial charge on any atom is -0.481 e. The minimum atomic E-state index is -0.689. The molecule has 0 saturated carbocycles. The lowest BCUT2D eigenvalue weighted by Crippen LogP contribution is -2.46. The molecule has 1 aliphatic rings. The summed E-state index contributed by atoms with van der Waals surface area (Å²) in [6.45, 7) is 10.2. The van der Waals surface area contributed by atoms with Gasteiger partial charge in [0.2, 0.25) is 0 Å². The van der Waals surface area contributed by atoms with Gasteiger partial charge in [0.25, 0.3) is 0 Å². The maximum Gasteiger partial charge on any atom is 0.307 e. The topological polar surface area (TPSA) is 52.6 Å². The van der Waals surface area contributed by atoms with Gasteiger partial charge in [0, 0.05) is 12.6 Å². The van der Waals surface area contributed by atoms with Crippen LogP contribution < -0.4 is 5.32 Å². The molecule has 0 bridgehead atoms. The minimum absolute atomic E-state index is 0.115. The molecule has 3 unspecified atom stereocenters. The molecule has 0 aromatic heterocycles. The predicted octanol–water partition coefficient (Wildman–Crippen LogP) is 1.81. The van der Waals surface area contributed by atoms with Crippen molar-refractivity contribution in [3.05, 3.63) is 0 Å². The van der Waals surface area contributed by atoms with Gasteiger partial charge in [-0.05, 0) is 51.7 Å². The van der Waals surface area contributed by atoms with E-state index in [9.17, 15) is 4.79 Å². The number of nitrogens with zero attached hydrogens (tertiary/aromatic N) is 1. The van der Waals surface area contributed by atoms with Crippen LogP contribution in [0, 0.1) is 11.8 Å². The lowest BCUT2D eigenvalue weighted by molar-refractivity contribution is -0.143. The molecule has 4 heteroatoms. The molecule has 4 nitrogen and oxygen atoms in total. The van der Waals surface area contributed by atoms with Gasteiger partial charge in [0.15, 0.2) is 0 Å². The van der Waals surface area contributed by atoms with Crippen LogP contribution in [-0.4, -0.2) is 48.2 Å². The lowest BCUT2D eigenvalue weighted by Gasteiger charge is -2.35. The van der Waals surface area contributed by atoms with Gasteiger partial charge in [-0.25, -0.2) is 0 Å². The number of hydrogen-bond acceptors (Lipinski definition) is 3. The van der Waals surface area contributed by atoms with Crippen molar-refractivity contribution in [2.75, 3.05) is 26.2 Å². The zero-order valence-corrected chi connectivity index (χ0v) is 12.0. The SMILES string of the molecule is CCCN(CC1CCCNC1)C(C)C(C)C(=O)O. The molecule has 3 atom stereocenters. The summed E-state index contributed by atoms with van der Waals surface area (Å²) in [5.74, 6) is -0.313. The van der Waals surface area contributed by atoms with Gasteiger partial charge in [-0.2, -0.15) is 0 Å². The third-order valence-electron chi connectivity index (χ3n) is 4.09. The predicted molar refractivity (Wildman–Crippen MR) is 73.7 cm³/mol. The summed E-state index contributed by atoms with van der Waals surface area (Å²) >= 11 is 0. The van der Waals surface area contributed by atoms with Crippen molar-refractivity contribution in [2.45, 2.75) is 46.1 Å². The smallest absolute Gasteiger partial charge is 0.307 e. The molecule has 0 aromatic carbocycles. The van der Waals surface area contributed by atoms with Crippen LogP contribution in [0.5, 0.6) is 0 Å². The van der Waals surface area contributed by atoms with Crippen LogP contribution in [0.3, 0.4) is 0 Å². The first-order valence-corrected chi connectivity index (χ1v) is 7.23. The first-order chi connectivity index (χ1) is 8.56. The molecule has 1 saturated heterocycles. The molecule has 18 heavy (non-hydrogen) atoms. The molecule has 0 aromatic rings. The van der Waals surface area contributed by atoms with E-state index in [-0.39, 0.29) is 12.0 Å². The summed E-state index contributed by atoms with van der Waals surface area (Å²) in [4.78, 5) is 13.5. The molecule has 0 spiro atoms. The maximum atomic E-state index is 11.1. The monoisotopic (exact) mass is 256 g/mol. The Hall–Kier alpha value is -0.610. The second kappa shape index (κ2) is 7.74. The largest absolute Gasteiger partial charge is 0.481 e. The van der Waals surface area contributed by atoms with Gasteiger partial charge in [0.1, 0.15) is 0 Å². The fourth-order valence-corrected chi connectivity index (χ4v) is 2.68. The highest BCUT2D eigenvalue weighted by molar-refractivity contribution is 5.70. The van der Waals surface area contributed by atoms with E-state index in [0.717, 1.165) is 32.6 Å². The van der Waals surface area contributed by atoms with E-state index >= 15 is 0 Å². The molecule has 106 valence electrons. The van der Waals surface area contributed by atoms with E-state index in [0.29, 0.717) is 5.92 Å². The van der Waals surface area contributed by atoms with Crippen LogP contribution in [0.15, 0.2) is 0 Å². The number of nitrogens with one attached hydrogen (secondary N) is 1. The quantitative estimate of drug-likeness (QED) is 0.729. The van der Waals surface area contributed by atoms with Gasteiger partial charge in [-0.1, -0.05) is 13.8 Å². The zero-order valence-electron chi connectivity index (χ0n) is 12.0. The number of aliphatic carboxylic acids is 1. The third-order valence-corrected chi connectivity index (χ3v) is 4.09. The molecule has 1 rings (SSSR count). The van der Waals surface area contributed by atoms with Crippen LogP contribution in [0.25, 0.3) is 0 Å². The Morgan fingerprint density at radius 1 is 1.50 bits per heavy atom. The van der Waals surface area contributed by atoms with Crippen molar-refractivity contribution in [1.29, 1.82) is 0 Å². The van der Waals surface area contributed by atoms with Crippen molar-refractivity contribution >= 4 is 5.97 Å². The van der Waals surface area contributed by atoms with E-state index in [1.807, 2.05) is 13.8 Å². The summed E-state index contributed by atoms with van der Waals surface area (Å²) < 4.78 is 0. The highest BCUT2D eigenvalue weighted by Crippen LogP contribution is 2.17. The van der Waals surface area contributed by atoms with Gasteiger partial charge >= 0.3 is 5.97 Å². The summed E-state index contributed by atoms with van der Waals surface area (Å²) in [6.07, 6.45) is 3.59. The Balaban J connectivity index is 2.54. The first kappa shape index (κ1) is 15.4. The number of carbonyl (C=O) groups is 1. The summed E-state index contributed by atoms with van der Waals surface area (Å²) in [5, 5.41) is 12.6. The number of carboxylic acids is 1. The van der Waals surface area contributed by atoms with Gasteiger partial charge in [0.05, 0.1) is 5.92 Å². The summed E-state index contributed by atoms with van der Waals surface area (Å²) in [6, 6.07) is 0.115. The molecule has 0 amide bonds. The van der Waals surface area contributed by atoms with Crippen molar-refractivity contribution in [3.63, 3.8) is 0 Å². The standard InChI is InChI=1S/C14H28N2O2/c1-4-8-16(12(3)11(2)14(17)18)10-13-6-5-7-15-9-13/h11-13,15H,4-10H2,1-3H3,(H,17,18). The van der Waals surface area contributed by atoms with E-state index in [4.69, 9.17) is 5.11 Å². The fourth-order valence-electron chi connectivity index (χ4n) is 2.68. The fraction of sp³-hybridized carbons (Fsp3) is 0.929. The van der Waals surface area contributed by atoms with Gasteiger partial charge in [-0.15, -0.1) is 0 Å². The second-order valence-electron chi connectivity index (χ2n) is 5.57. The Kier molecular flexibility index (Phi) is 6.65. The normalized spacial score (nSPS) is 23.9. The Bertz CT molecular complexity index is 252. The Labute approximate surface area is 111 Å². The van der Waals surface area contributed by atoms with Crippen LogP contribution in [0.4, 0.5) is 0 Å². The third kappa shape index (κ3) is 4.58. The molecule has 1 fully saturated rings. The molecular weight excluding hydrogens is 228 g/mol. The van der Waals surface area contributed by atoms with Crippen molar-refractivity contribution in [1.82, 2.24) is 10.2 Å². The molecule has 1 aliphatic heterocycles. The highest BCUT2D eigenvalue weighted by atomic mass is 16.4. The van der Waals surface area contributed by atoms with E-state index < -0.39 is 5.97 Å². The van der Waals surface area contributed by atoms with E-state index in [1.165, 1.54) is 12.8 Å². The molecule has 0 radical (unpaired) electrons. The molecule has 0 aliphatic carbocycles. The average molecular weight is 256 g/mol. The summed E-state index contributed by atoms with van der Waals surface area (Å²) in [5.41, 5.74) is 0. The van der Waals surface area contributed by atoms with Crippen molar-refractivity contribution in [2.24, 2.45) is 11.8 Å². The molecule has 2 N–H and O–H groups in total. The van der Waals surface area contributed by atoms with E-state index in [2.05, 4.69) is 17.1 Å². The average Bonchev–Trinajstić information content (AvgIpc) is 2.37. The van der Waals surface area contributed by atoms with Crippen LogP contribution >= 0.6 is 0 Å². The molecular formula is C14H28N2O2. The van der Waals surface area contributed by atoms with Crippen LogP contribution in [0.1, 0.15) is 40.0 Å². The lowest BCUT2D eigenvalue weighted by atomic mass is 9.96. The van der Waals surface area contributed by atoms with Gasteiger partial charge in [-0.3, -0.25) is 9.69 Å². The number of piperidine rings is 1. The Morgan fingerprint density at radius 2 is 2.22 bits per heavy atom. The second-order valence-corrected chi connectivity index (χ2v) is 5.57.